The Bertz CT molecular complexity index is 259. The van der Waals surface area contributed by atoms with Crippen molar-refractivity contribution in [2.24, 2.45) is 0 Å². The summed E-state index contributed by atoms with van der Waals surface area (Å²) < 4.78 is 0.878. The van der Waals surface area contributed by atoms with E-state index >= 15 is 0 Å². The van der Waals surface area contributed by atoms with Crippen LogP contribution in [0.15, 0.2) is 22.8 Å². The Labute approximate surface area is 87.9 Å². The second-order valence-corrected chi connectivity index (χ2v) is 3.82. The lowest BCUT2D eigenvalue weighted by atomic mass is 10.2. The third kappa shape index (κ3) is 3.35. The van der Waals surface area contributed by atoms with Crippen LogP contribution in [0.25, 0.3) is 0 Å². The molecule has 0 saturated heterocycles. The first-order valence-corrected chi connectivity index (χ1v) is 5.44. The highest BCUT2D eigenvalue weighted by Crippen LogP contribution is 2.12. The monoisotopic (exact) mass is 242 g/mol. The molecule has 0 amide bonds. The van der Waals surface area contributed by atoms with Crippen LogP contribution < -0.4 is 5.32 Å². The Kier molecular flexibility index (Phi) is 4.22. The first-order valence-electron chi connectivity index (χ1n) is 4.65. The van der Waals surface area contributed by atoms with Crippen LogP contribution in [0.5, 0.6) is 0 Å². The lowest BCUT2D eigenvalue weighted by Gasteiger charge is -2.15. The van der Waals surface area contributed by atoms with Crippen LogP contribution in [0.3, 0.4) is 0 Å². The molecule has 2 nitrogen and oxygen atoms in total. The molecule has 0 aliphatic carbocycles. The second kappa shape index (κ2) is 5.22. The molecule has 0 saturated carbocycles. The minimum Gasteiger partial charge on any atom is -0.367 e. The number of rotatable bonds is 4. The fourth-order valence-corrected chi connectivity index (χ4v) is 1.53. The van der Waals surface area contributed by atoms with Crippen LogP contribution in [0, 0.1) is 0 Å². The number of hydrogen-bond donors (Lipinski definition) is 1. The van der Waals surface area contributed by atoms with Crippen molar-refractivity contribution in [3.63, 3.8) is 0 Å². The van der Waals surface area contributed by atoms with Gasteiger partial charge in [-0.15, -0.1) is 0 Å². The summed E-state index contributed by atoms with van der Waals surface area (Å²) in [7, 11) is 0. The molecule has 1 aromatic heterocycles. The van der Waals surface area contributed by atoms with Crippen molar-refractivity contribution in [2.75, 3.05) is 5.32 Å². The van der Waals surface area contributed by atoms with Crippen LogP contribution in [-0.2, 0) is 0 Å². The van der Waals surface area contributed by atoms with E-state index in [1.165, 1.54) is 0 Å². The summed E-state index contributed by atoms with van der Waals surface area (Å²) in [4.78, 5) is 4.31. The van der Waals surface area contributed by atoms with E-state index in [-0.39, 0.29) is 0 Å². The van der Waals surface area contributed by atoms with E-state index in [1.807, 2.05) is 18.2 Å². The molecule has 0 radical (unpaired) electrons. The maximum atomic E-state index is 4.31. The number of nitrogens with zero attached hydrogens (tertiary/aromatic N) is 1. The zero-order chi connectivity index (χ0) is 9.68. The Hall–Kier alpha value is -0.570. The summed E-state index contributed by atoms with van der Waals surface area (Å²) in [5.41, 5.74) is 0. The van der Waals surface area contributed by atoms with Gasteiger partial charge in [-0.1, -0.05) is 19.9 Å². The number of nitrogens with one attached hydrogen (secondary N) is 1. The topological polar surface area (TPSA) is 24.9 Å². The van der Waals surface area contributed by atoms with Gasteiger partial charge in [-0.3, -0.25) is 0 Å². The molecule has 72 valence electrons. The highest BCUT2D eigenvalue weighted by atomic mass is 79.9. The highest BCUT2D eigenvalue weighted by Gasteiger charge is 2.03. The summed E-state index contributed by atoms with van der Waals surface area (Å²) in [5.74, 6) is 0.947. The standard InChI is InChI=1S/C10H15BrN2/c1-3-8(4-2)12-10-7-5-6-9(11)13-10/h5-8H,3-4H2,1-2H3,(H,12,13). The van der Waals surface area contributed by atoms with Crippen molar-refractivity contribution in [1.82, 2.24) is 4.98 Å². The summed E-state index contributed by atoms with van der Waals surface area (Å²) >= 11 is 3.34. The van der Waals surface area contributed by atoms with Gasteiger partial charge in [0, 0.05) is 6.04 Å². The quantitative estimate of drug-likeness (QED) is 0.819. The van der Waals surface area contributed by atoms with Crippen LogP contribution in [-0.4, -0.2) is 11.0 Å². The van der Waals surface area contributed by atoms with Crippen molar-refractivity contribution < 1.29 is 0 Å². The fraction of sp³-hybridized carbons (Fsp3) is 0.500. The first kappa shape index (κ1) is 10.5. The van der Waals surface area contributed by atoms with E-state index < -0.39 is 0 Å². The van der Waals surface area contributed by atoms with Gasteiger partial charge in [0.25, 0.3) is 0 Å². The Morgan fingerprint density at radius 2 is 2.08 bits per heavy atom. The predicted molar refractivity (Wildman–Crippen MR) is 59.9 cm³/mol. The number of pyridine rings is 1. The smallest absolute Gasteiger partial charge is 0.127 e. The minimum absolute atomic E-state index is 0.529. The zero-order valence-corrected chi connectivity index (χ0v) is 9.63. The van der Waals surface area contributed by atoms with E-state index in [0.29, 0.717) is 6.04 Å². The molecule has 0 atom stereocenters. The van der Waals surface area contributed by atoms with Crippen molar-refractivity contribution in [1.29, 1.82) is 0 Å². The molecule has 1 rings (SSSR count). The van der Waals surface area contributed by atoms with E-state index in [2.05, 4.69) is 40.1 Å². The average Bonchev–Trinajstić information content (AvgIpc) is 2.14. The molecule has 1 heterocycles. The summed E-state index contributed by atoms with van der Waals surface area (Å²) in [6.45, 7) is 4.36. The predicted octanol–water partition coefficient (Wildman–Crippen LogP) is 3.44. The number of halogens is 1. The van der Waals surface area contributed by atoms with Gasteiger partial charge in [-0.2, -0.15) is 0 Å². The van der Waals surface area contributed by atoms with E-state index in [4.69, 9.17) is 0 Å². The van der Waals surface area contributed by atoms with Gasteiger partial charge >= 0.3 is 0 Å². The Balaban J connectivity index is 2.62. The fourth-order valence-electron chi connectivity index (χ4n) is 1.19. The molecule has 0 bridgehead atoms. The van der Waals surface area contributed by atoms with Crippen molar-refractivity contribution in [3.05, 3.63) is 22.8 Å². The van der Waals surface area contributed by atoms with Gasteiger partial charge in [0.2, 0.25) is 0 Å². The van der Waals surface area contributed by atoms with E-state index in [1.54, 1.807) is 0 Å². The Morgan fingerprint density at radius 1 is 1.38 bits per heavy atom. The lowest BCUT2D eigenvalue weighted by Crippen LogP contribution is -2.17. The average molecular weight is 243 g/mol. The van der Waals surface area contributed by atoms with Crippen molar-refractivity contribution in [2.45, 2.75) is 32.7 Å². The van der Waals surface area contributed by atoms with Crippen LogP contribution >= 0.6 is 15.9 Å². The molecule has 0 spiro atoms. The van der Waals surface area contributed by atoms with Crippen LogP contribution in [0.2, 0.25) is 0 Å². The first-order chi connectivity index (χ1) is 6.26. The van der Waals surface area contributed by atoms with Gasteiger partial charge in [0.15, 0.2) is 0 Å². The normalized spacial score (nSPS) is 10.5. The van der Waals surface area contributed by atoms with Gasteiger partial charge in [-0.05, 0) is 40.9 Å². The third-order valence-corrected chi connectivity index (χ3v) is 2.49. The molecule has 0 aliphatic rings. The molecule has 0 aliphatic heterocycles. The molecule has 0 fully saturated rings. The molecule has 3 heteroatoms. The third-order valence-electron chi connectivity index (χ3n) is 2.05. The SMILES string of the molecule is CCC(CC)Nc1cccc(Br)n1. The van der Waals surface area contributed by atoms with Crippen LogP contribution in [0.4, 0.5) is 5.82 Å². The second-order valence-electron chi connectivity index (χ2n) is 3.00. The van der Waals surface area contributed by atoms with Crippen molar-refractivity contribution in [3.8, 4) is 0 Å². The lowest BCUT2D eigenvalue weighted by molar-refractivity contribution is 0.668. The van der Waals surface area contributed by atoms with Gasteiger partial charge in [0.05, 0.1) is 0 Å². The van der Waals surface area contributed by atoms with Crippen LogP contribution in [0.1, 0.15) is 26.7 Å². The number of anilines is 1. The van der Waals surface area contributed by atoms with Gasteiger partial charge in [-0.25, -0.2) is 4.98 Å². The zero-order valence-electron chi connectivity index (χ0n) is 8.05. The van der Waals surface area contributed by atoms with Gasteiger partial charge < -0.3 is 5.32 Å². The molecule has 1 aromatic rings. The summed E-state index contributed by atoms with van der Waals surface area (Å²) in [6.07, 6.45) is 2.26. The maximum absolute atomic E-state index is 4.31. The molecular formula is C10H15BrN2. The maximum Gasteiger partial charge on any atom is 0.127 e. The van der Waals surface area contributed by atoms with E-state index in [0.717, 1.165) is 23.3 Å². The molecule has 0 aromatic carbocycles. The van der Waals surface area contributed by atoms with Gasteiger partial charge in [0.1, 0.15) is 10.4 Å². The molecule has 1 N–H and O–H groups in total. The number of hydrogen-bond acceptors (Lipinski definition) is 2. The number of aromatic nitrogens is 1. The largest absolute Gasteiger partial charge is 0.367 e. The molecule has 0 unspecified atom stereocenters. The summed E-state index contributed by atoms with van der Waals surface area (Å²) in [6, 6.07) is 6.44. The highest BCUT2D eigenvalue weighted by molar-refractivity contribution is 9.10. The molecular weight excluding hydrogens is 228 g/mol. The van der Waals surface area contributed by atoms with E-state index in [9.17, 15) is 0 Å². The van der Waals surface area contributed by atoms with Crippen molar-refractivity contribution >= 4 is 21.7 Å². The minimum atomic E-state index is 0.529. The molecule has 13 heavy (non-hydrogen) atoms. The summed E-state index contributed by atoms with van der Waals surface area (Å²) in [5, 5.41) is 3.38. The Morgan fingerprint density at radius 3 is 2.62 bits per heavy atom.